The molecule has 4 rings (SSSR count). The molecule has 168 valence electrons. The Hall–Kier alpha value is -2.72. The van der Waals surface area contributed by atoms with Gasteiger partial charge in [0.2, 0.25) is 11.8 Å². The lowest BCUT2D eigenvalue weighted by Crippen LogP contribution is -2.54. The van der Waals surface area contributed by atoms with Crippen molar-refractivity contribution in [3.05, 3.63) is 29.3 Å². The van der Waals surface area contributed by atoms with Crippen LogP contribution in [-0.4, -0.2) is 80.2 Å². The van der Waals surface area contributed by atoms with Crippen LogP contribution in [0.5, 0.6) is 0 Å². The van der Waals surface area contributed by atoms with Crippen LogP contribution in [0, 0.1) is 5.92 Å². The second-order valence-electron chi connectivity index (χ2n) is 8.48. The Labute approximate surface area is 188 Å². The number of fused-ring (bicyclic) bond motifs is 1. The molecule has 0 saturated carbocycles. The monoisotopic (exact) mass is 438 g/mol. The average Bonchev–Trinajstić information content (AvgIpc) is 3.03. The summed E-state index contributed by atoms with van der Waals surface area (Å²) in [6.07, 6.45) is 3.42. The zero-order chi connectivity index (χ0) is 22.7. The van der Waals surface area contributed by atoms with E-state index in [2.05, 4.69) is 10.6 Å². The number of hydrogen-bond acceptors (Lipinski definition) is 7. The van der Waals surface area contributed by atoms with Gasteiger partial charge in [-0.15, -0.1) is 0 Å². The summed E-state index contributed by atoms with van der Waals surface area (Å²) >= 11 is 0. The molecule has 4 amide bonds. The van der Waals surface area contributed by atoms with E-state index in [0.29, 0.717) is 31.4 Å². The minimum absolute atomic E-state index is 0.0948. The summed E-state index contributed by atoms with van der Waals surface area (Å²) in [6.45, 7) is 3.47. The van der Waals surface area contributed by atoms with E-state index >= 15 is 0 Å². The van der Waals surface area contributed by atoms with Gasteiger partial charge < -0.3 is 14.9 Å². The fourth-order valence-corrected chi connectivity index (χ4v) is 4.51. The first-order chi connectivity index (χ1) is 15.5. The van der Waals surface area contributed by atoms with Crippen LogP contribution in [-0.2, 0) is 14.3 Å². The number of rotatable bonds is 8. The summed E-state index contributed by atoms with van der Waals surface area (Å²) in [5.74, 6) is -1.40. The zero-order valence-corrected chi connectivity index (χ0v) is 18.0. The summed E-state index contributed by atoms with van der Waals surface area (Å²) in [5, 5.41) is 5.38. The molecule has 3 aliphatic rings. The second-order valence-corrected chi connectivity index (χ2v) is 8.48. The predicted octanol–water partition coefficient (Wildman–Crippen LogP) is 0.702. The summed E-state index contributed by atoms with van der Waals surface area (Å²) in [6, 6.07) is 4.04. The molecule has 2 fully saturated rings. The van der Waals surface area contributed by atoms with E-state index in [0.717, 1.165) is 37.3 Å². The molecular formula is C22H27BN4O5. The Balaban J connectivity index is 1.30. The minimum Gasteiger partial charge on any atom is -0.382 e. The highest BCUT2D eigenvalue weighted by atomic mass is 16.5. The lowest BCUT2D eigenvalue weighted by atomic mass is 9.92. The SMILES string of the molecule is [B]N1CCC(CCOCCNc2cccc3c2C(=O)N(C2CCC(=O)NC2=O)C3=O)CC1. The number of carbonyl (C=O) groups excluding carboxylic acids is 4. The molecule has 3 heterocycles. The topological polar surface area (TPSA) is 108 Å². The molecule has 0 aromatic heterocycles. The Bertz CT molecular complexity index is 916. The molecule has 1 atom stereocenters. The van der Waals surface area contributed by atoms with Gasteiger partial charge in [0.25, 0.3) is 11.8 Å². The predicted molar refractivity (Wildman–Crippen MR) is 117 cm³/mol. The van der Waals surface area contributed by atoms with Crippen molar-refractivity contribution in [3.63, 3.8) is 0 Å². The van der Waals surface area contributed by atoms with Crippen LogP contribution in [0.1, 0.15) is 52.8 Å². The highest BCUT2D eigenvalue weighted by Crippen LogP contribution is 2.32. The molecule has 2 saturated heterocycles. The van der Waals surface area contributed by atoms with Crippen LogP contribution in [0.3, 0.4) is 0 Å². The van der Waals surface area contributed by atoms with Crippen LogP contribution >= 0.6 is 0 Å². The van der Waals surface area contributed by atoms with Gasteiger partial charge in [-0.25, -0.2) is 0 Å². The molecule has 32 heavy (non-hydrogen) atoms. The molecular weight excluding hydrogens is 411 g/mol. The van der Waals surface area contributed by atoms with Gasteiger partial charge in [-0.2, -0.15) is 0 Å². The number of piperidine rings is 2. The minimum atomic E-state index is -0.970. The highest BCUT2D eigenvalue weighted by Gasteiger charge is 2.45. The maximum Gasteiger partial charge on any atom is 0.264 e. The van der Waals surface area contributed by atoms with Crippen molar-refractivity contribution in [3.8, 4) is 0 Å². The average molecular weight is 438 g/mol. The number of carbonyl (C=O) groups is 4. The standard InChI is InChI=1S/C22H27BN4O5/c23-26-10-6-14(7-11-26)8-12-32-13-9-24-16-3-1-2-15-19(16)22(31)27(21(15)30)17-4-5-18(28)25-20(17)29/h1-3,14,17,24H,4-13H2,(H,25,28,29). The van der Waals surface area contributed by atoms with Crippen molar-refractivity contribution in [1.29, 1.82) is 0 Å². The first-order valence-corrected chi connectivity index (χ1v) is 11.1. The fourth-order valence-electron chi connectivity index (χ4n) is 4.51. The molecule has 0 bridgehead atoms. The zero-order valence-electron chi connectivity index (χ0n) is 18.0. The van der Waals surface area contributed by atoms with Gasteiger partial charge >= 0.3 is 0 Å². The largest absolute Gasteiger partial charge is 0.382 e. The molecule has 0 aliphatic carbocycles. The Morgan fingerprint density at radius 2 is 1.84 bits per heavy atom. The van der Waals surface area contributed by atoms with Gasteiger partial charge in [-0.1, -0.05) is 6.07 Å². The number of anilines is 1. The molecule has 2 radical (unpaired) electrons. The van der Waals surface area contributed by atoms with Gasteiger partial charge in [0.1, 0.15) is 6.04 Å². The van der Waals surface area contributed by atoms with Crippen molar-refractivity contribution in [1.82, 2.24) is 15.0 Å². The van der Waals surface area contributed by atoms with Gasteiger partial charge in [-0.05, 0) is 56.8 Å². The number of amides is 4. The molecule has 9 nitrogen and oxygen atoms in total. The quantitative estimate of drug-likeness (QED) is 0.350. The van der Waals surface area contributed by atoms with E-state index in [9.17, 15) is 19.2 Å². The van der Waals surface area contributed by atoms with Crippen LogP contribution < -0.4 is 10.6 Å². The number of imide groups is 2. The first kappa shape index (κ1) is 22.5. The molecule has 2 N–H and O–H groups in total. The molecule has 0 spiro atoms. The van der Waals surface area contributed by atoms with Crippen LogP contribution in [0.15, 0.2) is 18.2 Å². The second kappa shape index (κ2) is 9.83. The molecule has 3 aliphatic heterocycles. The Morgan fingerprint density at radius 3 is 2.59 bits per heavy atom. The number of ether oxygens (including phenoxy) is 1. The van der Waals surface area contributed by atoms with E-state index in [1.807, 2.05) is 4.81 Å². The third-order valence-electron chi connectivity index (χ3n) is 6.35. The lowest BCUT2D eigenvalue weighted by molar-refractivity contribution is -0.136. The lowest BCUT2D eigenvalue weighted by Gasteiger charge is -2.29. The van der Waals surface area contributed by atoms with Crippen molar-refractivity contribution in [2.75, 3.05) is 38.2 Å². The van der Waals surface area contributed by atoms with E-state index in [-0.39, 0.29) is 24.0 Å². The van der Waals surface area contributed by atoms with Gasteiger partial charge in [0.05, 0.1) is 17.7 Å². The van der Waals surface area contributed by atoms with E-state index in [1.165, 1.54) is 0 Å². The third-order valence-corrected chi connectivity index (χ3v) is 6.35. The Kier molecular flexibility index (Phi) is 6.90. The summed E-state index contributed by atoms with van der Waals surface area (Å²) < 4.78 is 5.74. The van der Waals surface area contributed by atoms with Gasteiger partial charge in [0, 0.05) is 25.3 Å². The van der Waals surface area contributed by atoms with Crippen LogP contribution in [0.4, 0.5) is 5.69 Å². The van der Waals surface area contributed by atoms with Crippen LogP contribution in [0.2, 0.25) is 0 Å². The van der Waals surface area contributed by atoms with E-state index < -0.39 is 29.7 Å². The van der Waals surface area contributed by atoms with Crippen molar-refractivity contribution in [2.24, 2.45) is 5.92 Å². The van der Waals surface area contributed by atoms with Gasteiger partial charge in [0.15, 0.2) is 7.98 Å². The smallest absolute Gasteiger partial charge is 0.264 e. The maximum atomic E-state index is 13.0. The number of nitrogens with one attached hydrogen (secondary N) is 2. The van der Waals surface area contributed by atoms with Crippen LogP contribution in [0.25, 0.3) is 0 Å². The van der Waals surface area contributed by atoms with Crippen molar-refractivity contribution >= 4 is 37.3 Å². The molecule has 1 aromatic carbocycles. The number of nitrogens with zero attached hydrogens (tertiary/aromatic N) is 2. The molecule has 10 heteroatoms. The maximum absolute atomic E-state index is 13.0. The Morgan fingerprint density at radius 1 is 1.06 bits per heavy atom. The summed E-state index contributed by atoms with van der Waals surface area (Å²) in [4.78, 5) is 52.3. The molecule has 1 aromatic rings. The van der Waals surface area contributed by atoms with Crippen molar-refractivity contribution in [2.45, 2.75) is 38.1 Å². The van der Waals surface area contributed by atoms with E-state index in [4.69, 9.17) is 12.7 Å². The van der Waals surface area contributed by atoms with Crippen molar-refractivity contribution < 1.29 is 23.9 Å². The normalized spacial score (nSPS) is 22.2. The highest BCUT2D eigenvalue weighted by molar-refractivity contribution is 6.25. The van der Waals surface area contributed by atoms with Gasteiger partial charge in [-0.3, -0.25) is 29.4 Å². The molecule has 1 unspecified atom stereocenters. The third kappa shape index (κ3) is 4.71. The first-order valence-electron chi connectivity index (χ1n) is 11.1. The van der Waals surface area contributed by atoms with E-state index in [1.54, 1.807) is 18.2 Å². The fraction of sp³-hybridized carbons (Fsp3) is 0.545. The summed E-state index contributed by atoms with van der Waals surface area (Å²) in [5.41, 5.74) is 1.06. The number of hydrogen-bond donors (Lipinski definition) is 2. The number of benzene rings is 1. The summed E-state index contributed by atoms with van der Waals surface area (Å²) in [7, 11) is 5.78.